The van der Waals surface area contributed by atoms with Crippen LogP contribution in [-0.4, -0.2) is 17.9 Å². The van der Waals surface area contributed by atoms with Gasteiger partial charge in [-0.15, -0.1) is 0 Å². The second-order valence-corrected chi connectivity index (χ2v) is 6.50. The standard InChI is InChI=1S/C20H24N2O3/c23-19(21-14-18-11-6-12-25-18)15-7-5-8-16(13-15)20(24)22-17-9-3-1-2-4-10-17/h5-8,11-13,17H,1-4,9-10,14H2,(H,21,23)(H,22,24). The largest absolute Gasteiger partial charge is 0.467 e. The summed E-state index contributed by atoms with van der Waals surface area (Å²) in [4.78, 5) is 24.8. The first kappa shape index (κ1) is 17.3. The Morgan fingerprint density at radius 2 is 1.68 bits per heavy atom. The van der Waals surface area contributed by atoms with E-state index in [1.54, 1.807) is 42.7 Å². The molecule has 0 atom stereocenters. The van der Waals surface area contributed by atoms with Gasteiger partial charge in [-0.25, -0.2) is 0 Å². The predicted molar refractivity (Wildman–Crippen MR) is 95.3 cm³/mol. The highest BCUT2D eigenvalue weighted by Crippen LogP contribution is 2.18. The van der Waals surface area contributed by atoms with Crippen molar-refractivity contribution in [3.63, 3.8) is 0 Å². The van der Waals surface area contributed by atoms with Gasteiger partial charge in [0.05, 0.1) is 12.8 Å². The molecule has 2 amide bonds. The van der Waals surface area contributed by atoms with Crippen LogP contribution >= 0.6 is 0 Å². The summed E-state index contributed by atoms with van der Waals surface area (Å²) in [5.41, 5.74) is 0.995. The van der Waals surface area contributed by atoms with E-state index >= 15 is 0 Å². The Labute approximate surface area is 147 Å². The summed E-state index contributed by atoms with van der Waals surface area (Å²) in [5, 5.41) is 5.90. The lowest BCUT2D eigenvalue weighted by atomic mass is 10.1. The Bertz CT molecular complexity index is 701. The maximum atomic E-state index is 12.5. The maximum Gasteiger partial charge on any atom is 0.251 e. The molecule has 25 heavy (non-hydrogen) atoms. The molecule has 1 saturated carbocycles. The second kappa shape index (κ2) is 8.51. The molecule has 2 N–H and O–H groups in total. The van der Waals surface area contributed by atoms with Crippen LogP contribution in [-0.2, 0) is 6.54 Å². The second-order valence-electron chi connectivity index (χ2n) is 6.50. The molecule has 0 unspecified atom stereocenters. The molecular weight excluding hydrogens is 316 g/mol. The highest BCUT2D eigenvalue weighted by Gasteiger charge is 2.16. The molecule has 0 saturated heterocycles. The van der Waals surface area contributed by atoms with Gasteiger partial charge in [-0.05, 0) is 43.2 Å². The highest BCUT2D eigenvalue weighted by atomic mass is 16.3. The number of carbonyl (C=O) groups is 2. The van der Waals surface area contributed by atoms with Gasteiger partial charge in [0, 0.05) is 17.2 Å². The summed E-state index contributed by atoms with van der Waals surface area (Å²) in [7, 11) is 0. The molecule has 1 aliphatic rings. The van der Waals surface area contributed by atoms with Crippen molar-refractivity contribution >= 4 is 11.8 Å². The number of amides is 2. The van der Waals surface area contributed by atoms with Crippen molar-refractivity contribution in [1.82, 2.24) is 10.6 Å². The van der Waals surface area contributed by atoms with Gasteiger partial charge in [-0.1, -0.05) is 31.7 Å². The molecule has 0 aliphatic heterocycles. The molecule has 1 aliphatic carbocycles. The normalized spacial score (nSPS) is 15.4. The van der Waals surface area contributed by atoms with Crippen LogP contribution in [0.3, 0.4) is 0 Å². The van der Waals surface area contributed by atoms with E-state index in [9.17, 15) is 9.59 Å². The first-order valence-corrected chi connectivity index (χ1v) is 8.94. The quantitative estimate of drug-likeness (QED) is 0.816. The number of nitrogens with one attached hydrogen (secondary N) is 2. The maximum absolute atomic E-state index is 12.5. The van der Waals surface area contributed by atoms with Crippen LogP contribution in [0.2, 0.25) is 0 Å². The lowest BCUT2D eigenvalue weighted by Crippen LogP contribution is -2.34. The molecule has 0 spiro atoms. The Kier molecular flexibility index (Phi) is 5.88. The van der Waals surface area contributed by atoms with Gasteiger partial charge < -0.3 is 15.1 Å². The highest BCUT2D eigenvalue weighted by molar-refractivity contribution is 5.99. The molecule has 0 bridgehead atoms. The molecule has 3 rings (SSSR count). The molecule has 132 valence electrons. The topological polar surface area (TPSA) is 71.3 Å². The molecule has 1 fully saturated rings. The van der Waals surface area contributed by atoms with Crippen molar-refractivity contribution in [2.45, 2.75) is 51.1 Å². The molecule has 5 heteroatoms. The summed E-state index contributed by atoms with van der Waals surface area (Å²) < 4.78 is 5.20. The van der Waals surface area contributed by atoms with Crippen LogP contribution in [0, 0.1) is 0 Å². The first-order valence-electron chi connectivity index (χ1n) is 8.94. The van der Waals surface area contributed by atoms with Crippen LogP contribution in [0.1, 0.15) is 65.0 Å². The molecule has 1 aromatic heterocycles. The number of hydrogen-bond acceptors (Lipinski definition) is 3. The van der Waals surface area contributed by atoms with E-state index in [-0.39, 0.29) is 17.9 Å². The summed E-state index contributed by atoms with van der Waals surface area (Å²) in [6, 6.07) is 10.7. The molecule has 5 nitrogen and oxygen atoms in total. The van der Waals surface area contributed by atoms with E-state index in [2.05, 4.69) is 10.6 Å². The minimum absolute atomic E-state index is 0.104. The third kappa shape index (κ3) is 4.95. The number of rotatable bonds is 5. The Morgan fingerprint density at radius 3 is 2.36 bits per heavy atom. The van der Waals surface area contributed by atoms with E-state index in [1.165, 1.54) is 25.7 Å². The van der Waals surface area contributed by atoms with Gasteiger partial charge in [-0.2, -0.15) is 0 Å². The average Bonchev–Trinajstić information content (AvgIpc) is 3.03. The summed E-state index contributed by atoms with van der Waals surface area (Å²) in [5.74, 6) is 0.365. The van der Waals surface area contributed by atoms with Crippen LogP contribution in [0.5, 0.6) is 0 Å². The van der Waals surface area contributed by atoms with E-state index in [0.29, 0.717) is 23.4 Å². The average molecular weight is 340 g/mol. The van der Waals surface area contributed by atoms with Crippen molar-refractivity contribution in [1.29, 1.82) is 0 Å². The Balaban J connectivity index is 1.59. The minimum atomic E-state index is -0.222. The van der Waals surface area contributed by atoms with Crippen LogP contribution in [0.25, 0.3) is 0 Å². The van der Waals surface area contributed by atoms with Crippen LogP contribution in [0.4, 0.5) is 0 Å². The van der Waals surface area contributed by atoms with E-state index < -0.39 is 0 Å². The van der Waals surface area contributed by atoms with Gasteiger partial charge in [0.2, 0.25) is 0 Å². The molecular formula is C20H24N2O3. The molecule has 1 heterocycles. The number of carbonyl (C=O) groups excluding carboxylic acids is 2. The number of furan rings is 1. The van der Waals surface area contributed by atoms with Gasteiger partial charge in [-0.3, -0.25) is 9.59 Å². The summed E-state index contributed by atoms with van der Waals surface area (Å²) >= 11 is 0. The lowest BCUT2D eigenvalue weighted by Gasteiger charge is -2.16. The zero-order valence-corrected chi connectivity index (χ0v) is 14.3. The van der Waals surface area contributed by atoms with Gasteiger partial charge in [0.15, 0.2) is 0 Å². The smallest absolute Gasteiger partial charge is 0.251 e. The van der Waals surface area contributed by atoms with Crippen molar-refractivity contribution < 1.29 is 14.0 Å². The number of benzene rings is 1. The molecule has 1 aromatic carbocycles. The zero-order valence-electron chi connectivity index (χ0n) is 14.3. The molecule has 2 aromatic rings. The monoisotopic (exact) mass is 340 g/mol. The zero-order chi connectivity index (χ0) is 17.5. The van der Waals surface area contributed by atoms with Gasteiger partial charge in [0.25, 0.3) is 11.8 Å². The van der Waals surface area contributed by atoms with Crippen molar-refractivity contribution in [3.05, 3.63) is 59.5 Å². The fourth-order valence-corrected chi connectivity index (χ4v) is 3.18. The Hall–Kier alpha value is -2.56. The van der Waals surface area contributed by atoms with Crippen molar-refractivity contribution in [2.24, 2.45) is 0 Å². The van der Waals surface area contributed by atoms with E-state index in [0.717, 1.165) is 12.8 Å². The van der Waals surface area contributed by atoms with Crippen molar-refractivity contribution in [2.75, 3.05) is 0 Å². The minimum Gasteiger partial charge on any atom is -0.467 e. The Morgan fingerprint density at radius 1 is 0.960 bits per heavy atom. The van der Waals surface area contributed by atoms with E-state index in [4.69, 9.17) is 4.42 Å². The first-order chi connectivity index (χ1) is 12.2. The fourth-order valence-electron chi connectivity index (χ4n) is 3.18. The SMILES string of the molecule is O=C(NCc1ccco1)c1cccc(C(=O)NC2CCCCCC2)c1. The number of hydrogen-bond donors (Lipinski definition) is 2. The van der Waals surface area contributed by atoms with Gasteiger partial charge in [0.1, 0.15) is 5.76 Å². The molecule has 0 radical (unpaired) electrons. The predicted octanol–water partition coefficient (Wildman–Crippen LogP) is 3.66. The lowest BCUT2D eigenvalue weighted by molar-refractivity contribution is 0.0933. The van der Waals surface area contributed by atoms with Crippen LogP contribution in [0.15, 0.2) is 47.1 Å². The third-order valence-corrected chi connectivity index (χ3v) is 4.58. The summed E-state index contributed by atoms with van der Waals surface area (Å²) in [6.45, 7) is 0.324. The van der Waals surface area contributed by atoms with Crippen LogP contribution < -0.4 is 10.6 Å². The van der Waals surface area contributed by atoms with Crippen molar-refractivity contribution in [3.8, 4) is 0 Å². The summed E-state index contributed by atoms with van der Waals surface area (Å²) in [6.07, 6.45) is 8.47. The van der Waals surface area contributed by atoms with Gasteiger partial charge >= 0.3 is 0 Å². The third-order valence-electron chi connectivity index (χ3n) is 4.58. The van der Waals surface area contributed by atoms with E-state index in [1.807, 2.05) is 0 Å². The fraction of sp³-hybridized carbons (Fsp3) is 0.400.